The number of para-hydroxylation sites is 1. The number of carbonyl (C=O) groups is 1. The fraction of sp³-hybridized carbons (Fsp3) is 0.474. The minimum atomic E-state index is -0.220. The average Bonchev–Trinajstić information content (AvgIpc) is 2.98. The van der Waals surface area contributed by atoms with Gasteiger partial charge in [-0.25, -0.2) is 4.79 Å². The summed E-state index contributed by atoms with van der Waals surface area (Å²) in [5, 5.41) is 10.2. The van der Waals surface area contributed by atoms with E-state index in [-0.39, 0.29) is 23.5 Å². The van der Waals surface area contributed by atoms with Gasteiger partial charge in [0.2, 0.25) is 0 Å². The maximum absolute atomic E-state index is 12.6. The topological polar surface area (TPSA) is 68.2 Å². The molecule has 0 spiro atoms. The molecule has 0 unspecified atom stereocenters. The maximum atomic E-state index is 12.6. The Morgan fingerprint density at radius 3 is 2.48 bits per heavy atom. The van der Waals surface area contributed by atoms with E-state index in [1.165, 1.54) is 0 Å². The molecule has 2 rings (SSSR count). The first kappa shape index (κ1) is 18.8. The Morgan fingerprint density at radius 1 is 1.24 bits per heavy atom. The molecule has 0 saturated heterocycles. The summed E-state index contributed by atoms with van der Waals surface area (Å²) in [6, 6.07) is 7.23. The molecule has 0 aliphatic rings. The third-order valence-electron chi connectivity index (χ3n) is 4.16. The average molecular weight is 344 g/mol. The van der Waals surface area contributed by atoms with Crippen LogP contribution in [0, 0.1) is 5.41 Å². The highest BCUT2D eigenvalue weighted by Crippen LogP contribution is 2.37. The van der Waals surface area contributed by atoms with E-state index < -0.39 is 0 Å². The van der Waals surface area contributed by atoms with Gasteiger partial charge in [-0.05, 0) is 18.4 Å². The Labute approximate surface area is 149 Å². The van der Waals surface area contributed by atoms with Crippen LogP contribution in [0.25, 0.3) is 0 Å². The highest BCUT2D eigenvalue weighted by molar-refractivity contribution is 5.75. The fourth-order valence-corrected chi connectivity index (χ4v) is 2.78. The van der Waals surface area contributed by atoms with Gasteiger partial charge >= 0.3 is 6.03 Å². The second-order valence-electron chi connectivity index (χ2n) is 7.33. The lowest BCUT2D eigenvalue weighted by Gasteiger charge is -2.33. The second-order valence-corrected chi connectivity index (χ2v) is 7.33. The number of aromatic nitrogens is 2. The number of benzene rings is 1. The van der Waals surface area contributed by atoms with E-state index in [4.69, 9.17) is 4.74 Å². The van der Waals surface area contributed by atoms with Gasteiger partial charge in [0, 0.05) is 24.4 Å². The molecule has 1 aromatic carbocycles. The van der Waals surface area contributed by atoms with Gasteiger partial charge < -0.3 is 15.4 Å². The molecule has 136 valence electrons. The van der Waals surface area contributed by atoms with Crippen LogP contribution in [-0.4, -0.2) is 22.9 Å². The van der Waals surface area contributed by atoms with Gasteiger partial charge in [0.15, 0.2) is 0 Å². The van der Waals surface area contributed by atoms with Crippen molar-refractivity contribution < 1.29 is 9.53 Å². The first-order valence-electron chi connectivity index (χ1n) is 8.41. The summed E-state index contributed by atoms with van der Waals surface area (Å²) in [6.45, 7) is 8.21. The van der Waals surface area contributed by atoms with Crippen molar-refractivity contribution in [1.82, 2.24) is 20.4 Å². The summed E-state index contributed by atoms with van der Waals surface area (Å²) in [7, 11) is 3.50. The molecule has 6 heteroatoms. The van der Waals surface area contributed by atoms with Gasteiger partial charge in [0.05, 0.1) is 25.4 Å². The van der Waals surface area contributed by atoms with Crippen molar-refractivity contribution in [3.63, 3.8) is 0 Å². The van der Waals surface area contributed by atoms with E-state index in [1.54, 1.807) is 18.0 Å². The van der Waals surface area contributed by atoms with Crippen LogP contribution >= 0.6 is 0 Å². The van der Waals surface area contributed by atoms with Crippen LogP contribution in [0.1, 0.15) is 50.9 Å². The molecule has 0 radical (unpaired) electrons. The lowest BCUT2D eigenvalue weighted by atomic mass is 9.82. The molecule has 0 aliphatic heterocycles. The molecule has 0 fully saturated rings. The monoisotopic (exact) mass is 344 g/mol. The number of carbonyl (C=O) groups excluding carboxylic acids is 1. The number of urea groups is 1. The highest BCUT2D eigenvalue weighted by Gasteiger charge is 2.30. The zero-order valence-corrected chi connectivity index (χ0v) is 15.8. The van der Waals surface area contributed by atoms with Crippen molar-refractivity contribution in [2.45, 2.75) is 39.8 Å². The summed E-state index contributed by atoms with van der Waals surface area (Å²) >= 11 is 0. The van der Waals surface area contributed by atoms with E-state index in [0.29, 0.717) is 0 Å². The zero-order chi connectivity index (χ0) is 18.6. The molecule has 6 nitrogen and oxygen atoms in total. The van der Waals surface area contributed by atoms with Crippen molar-refractivity contribution >= 4 is 6.03 Å². The number of ether oxygens (including phenoxy) is 1. The molecule has 2 atom stereocenters. The molecule has 1 aromatic heterocycles. The van der Waals surface area contributed by atoms with E-state index in [9.17, 15) is 4.79 Å². The number of rotatable bonds is 5. The van der Waals surface area contributed by atoms with E-state index in [0.717, 1.165) is 16.9 Å². The van der Waals surface area contributed by atoms with Gasteiger partial charge in [0.25, 0.3) is 0 Å². The predicted molar refractivity (Wildman–Crippen MR) is 98.5 cm³/mol. The van der Waals surface area contributed by atoms with Crippen LogP contribution in [0.4, 0.5) is 4.79 Å². The van der Waals surface area contributed by atoms with Crippen LogP contribution in [0.5, 0.6) is 5.75 Å². The number of nitrogens with zero attached hydrogens (tertiary/aromatic N) is 2. The van der Waals surface area contributed by atoms with Crippen LogP contribution < -0.4 is 15.4 Å². The van der Waals surface area contributed by atoms with Gasteiger partial charge in [-0.15, -0.1) is 0 Å². The van der Waals surface area contributed by atoms with Crippen LogP contribution in [0.3, 0.4) is 0 Å². The van der Waals surface area contributed by atoms with E-state index >= 15 is 0 Å². The largest absolute Gasteiger partial charge is 0.496 e. The SMILES string of the molecule is COc1ccccc1[C@@H](NC(=O)N[C@@H](C)c1cnn(C)c1)C(C)(C)C. The second kappa shape index (κ2) is 7.59. The van der Waals surface area contributed by atoms with Crippen LogP contribution in [0.15, 0.2) is 36.7 Å². The fourth-order valence-electron chi connectivity index (χ4n) is 2.78. The molecule has 0 aliphatic carbocycles. The first-order chi connectivity index (χ1) is 11.7. The Bertz CT molecular complexity index is 718. The normalized spacial score (nSPS) is 13.8. The third-order valence-corrected chi connectivity index (χ3v) is 4.16. The van der Waals surface area contributed by atoms with Crippen LogP contribution in [0.2, 0.25) is 0 Å². The molecule has 2 aromatic rings. The number of nitrogens with one attached hydrogen (secondary N) is 2. The predicted octanol–water partition coefficient (Wildman–Crippen LogP) is 3.58. The van der Waals surface area contributed by atoms with Crippen LogP contribution in [-0.2, 0) is 7.05 Å². The molecule has 25 heavy (non-hydrogen) atoms. The summed E-state index contributed by atoms with van der Waals surface area (Å²) in [6.07, 6.45) is 3.65. The van der Waals surface area contributed by atoms with Gasteiger partial charge in [-0.3, -0.25) is 4.68 Å². The van der Waals surface area contributed by atoms with Gasteiger partial charge in [-0.2, -0.15) is 5.10 Å². The van der Waals surface area contributed by atoms with Crippen molar-refractivity contribution in [3.05, 3.63) is 47.8 Å². The molecule has 0 bridgehead atoms. The maximum Gasteiger partial charge on any atom is 0.315 e. The number of hydrogen-bond donors (Lipinski definition) is 2. The minimum Gasteiger partial charge on any atom is -0.496 e. The molecule has 2 N–H and O–H groups in total. The van der Waals surface area contributed by atoms with E-state index in [2.05, 4.69) is 36.5 Å². The van der Waals surface area contributed by atoms with Gasteiger partial charge in [0.1, 0.15) is 5.75 Å². The minimum absolute atomic E-state index is 0.132. The molecular formula is C19H28N4O2. The smallest absolute Gasteiger partial charge is 0.315 e. The lowest BCUT2D eigenvalue weighted by molar-refractivity contribution is 0.214. The standard InChI is InChI=1S/C19H28N4O2/c1-13(14-11-20-23(5)12-14)21-18(24)22-17(19(2,3)4)15-9-7-8-10-16(15)25-6/h7-13,17H,1-6H3,(H2,21,22,24)/t13-,17+/m0/s1. The summed E-state index contributed by atoms with van der Waals surface area (Å²) in [5.41, 5.74) is 1.74. The molecule has 0 saturated carbocycles. The van der Waals surface area contributed by atoms with Gasteiger partial charge in [-0.1, -0.05) is 39.0 Å². The first-order valence-corrected chi connectivity index (χ1v) is 8.41. The van der Waals surface area contributed by atoms with Crippen molar-refractivity contribution in [3.8, 4) is 5.75 Å². The number of methoxy groups -OCH3 is 1. The lowest BCUT2D eigenvalue weighted by Crippen LogP contribution is -2.43. The molecular weight excluding hydrogens is 316 g/mol. The summed E-state index contributed by atoms with van der Waals surface area (Å²) < 4.78 is 7.19. The third kappa shape index (κ3) is 4.75. The highest BCUT2D eigenvalue weighted by atomic mass is 16.5. The summed E-state index contributed by atoms with van der Waals surface area (Å²) in [5.74, 6) is 0.767. The number of hydrogen-bond acceptors (Lipinski definition) is 3. The number of aryl methyl sites for hydroxylation is 1. The Balaban J connectivity index is 2.16. The summed E-state index contributed by atoms with van der Waals surface area (Å²) in [4.78, 5) is 12.6. The van der Waals surface area contributed by atoms with Crippen molar-refractivity contribution in [1.29, 1.82) is 0 Å². The quantitative estimate of drug-likeness (QED) is 0.871. The molecule has 2 amide bonds. The Morgan fingerprint density at radius 2 is 1.92 bits per heavy atom. The van der Waals surface area contributed by atoms with Crippen molar-refractivity contribution in [2.24, 2.45) is 12.5 Å². The van der Waals surface area contributed by atoms with E-state index in [1.807, 2.05) is 44.4 Å². The molecule has 1 heterocycles. The Kier molecular flexibility index (Phi) is 5.72. The zero-order valence-electron chi connectivity index (χ0n) is 15.8. The number of amides is 2. The Hall–Kier alpha value is -2.50. The van der Waals surface area contributed by atoms with Crippen molar-refractivity contribution in [2.75, 3.05) is 7.11 Å².